The minimum atomic E-state index is -0.521. The van der Waals surface area contributed by atoms with Crippen LogP contribution in [0.2, 0.25) is 0 Å². The van der Waals surface area contributed by atoms with Crippen molar-refractivity contribution in [3.05, 3.63) is 0 Å². The molecule has 0 aromatic heterocycles. The van der Waals surface area contributed by atoms with Gasteiger partial charge in [0.15, 0.2) is 11.5 Å². The monoisotopic (exact) mass is 178 g/mol. The van der Waals surface area contributed by atoms with Crippen molar-refractivity contribution >= 4 is 23.8 Å². The Morgan fingerprint density at radius 3 is 2.85 bits per heavy atom. The Morgan fingerprint density at radius 2 is 2.15 bits per heavy atom. The van der Waals surface area contributed by atoms with Crippen LogP contribution in [0.15, 0.2) is 15.0 Å². The highest BCUT2D eigenvalue weighted by molar-refractivity contribution is 6.69. The molecule has 2 aliphatic rings. The van der Waals surface area contributed by atoms with Gasteiger partial charge in [-0.3, -0.25) is 4.79 Å². The molecule has 1 amide bonds. The molecular weight excluding hydrogens is 168 g/mol. The van der Waals surface area contributed by atoms with Gasteiger partial charge in [-0.2, -0.15) is 0 Å². The Kier molecular flexibility index (Phi) is 1.40. The van der Waals surface area contributed by atoms with E-state index >= 15 is 0 Å². The van der Waals surface area contributed by atoms with Crippen molar-refractivity contribution in [2.75, 3.05) is 7.05 Å². The van der Waals surface area contributed by atoms with Gasteiger partial charge >= 0.3 is 0 Å². The molecule has 0 N–H and O–H groups in total. The Bertz CT molecular complexity index is 364. The molecule has 0 fully saturated rings. The zero-order valence-electron chi connectivity index (χ0n) is 7.77. The van der Waals surface area contributed by atoms with Crippen molar-refractivity contribution in [3.63, 3.8) is 0 Å². The first-order chi connectivity index (χ1) is 6.02. The molecule has 0 saturated carbocycles. The van der Waals surface area contributed by atoms with Crippen LogP contribution in [-0.2, 0) is 4.79 Å². The molecule has 5 heteroatoms. The fourth-order valence-electron chi connectivity index (χ4n) is 1.23. The van der Waals surface area contributed by atoms with Gasteiger partial charge in [0.05, 0.1) is 0 Å². The summed E-state index contributed by atoms with van der Waals surface area (Å²) in [5.41, 5.74) is -0.172. The Labute approximate surface area is 75.9 Å². The molecule has 0 aliphatic carbocycles. The summed E-state index contributed by atoms with van der Waals surface area (Å²) in [4.78, 5) is 25.3. The molecule has 0 saturated heterocycles. The lowest BCUT2D eigenvalue weighted by molar-refractivity contribution is -0.127. The maximum Gasteiger partial charge on any atom is 0.278 e. The van der Waals surface area contributed by atoms with Gasteiger partial charge in [0.25, 0.3) is 5.91 Å². The standard InChI is InChI=1S/C8H10N4O/c1-8(2)11-6-5(9-4-10-6)7(13)12(8)3/h4H,1-3H3. The summed E-state index contributed by atoms with van der Waals surface area (Å²) in [6, 6.07) is 0. The SMILES string of the molecule is CN1C(=O)C2=NC=NC2=NC1(C)C. The second kappa shape index (κ2) is 2.25. The van der Waals surface area contributed by atoms with Crippen LogP contribution in [-0.4, -0.2) is 41.4 Å². The highest BCUT2D eigenvalue weighted by Crippen LogP contribution is 2.21. The van der Waals surface area contributed by atoms with Gasteiger partial charge in [-0.05, 0) is 13.8 Å². The van der Waals surface area contributed by atoms with Crippen molar-refractivity contribution in [3.8, 4) is 0 Å². The van der Waals surface area contributed by atoms with Crippen LogP contribution >= 0.6 is 0 Å². The lowest BCUT2D eigenvalue weighted by Gasteiger charge is -2.35. The van der Waals surface area contributed by atoms with Gasteiger partial charge in [-0.1, -0.05) is 0 Å². The lowest BCUT2D eigenvalue weighted by atomic mass is 10.1. The van der Waals surface area contributed by atoms with E-state index < -0.39 is 5.66 Å². The van der Waals surface area contributed by atoms with E-state index in [0.29, 0.717) is 11.5 Å². The quantitative estimate of drug-likeness (QED) is 0.518. The molecular formula is C8H10N4O. The second-order valence-corrected chi connectivity index (χ2v) is 3.52. The van der Waals surface area contributed by atoms with E-state index in [2.05, 4.69) is 15.0 Å². The van der Waals surface area contributed by atoms with Crippen LogP contribution in [0.3, 0.4) is 0 Å². The van der Waals surface area contributed by atoms with E-state index in [-0.39, 0.29) is 5.91 Å². The van der Waals surface area contributed by atoms with Crippen LogP contribution in [0, 0.1) is 0 Å². The van der Waals surface area contributed by atoms with Crippen LogP contribution < -0.4 is 0 Å². The maximum atomic E-state index is 11.7. The molecule has 0 atom stereocenters. The molecule has 2 aliphatic heterocycles. The second-order valence-electron chi connectivity index (χ2n) is 3.52. The molecule has 0 aromatic carbocycles. The zero-order valence-corrected chi connectivity index (χ0v) is 7.77. The fraction of sp³-hybridized carbons (Fsp3) is 0.500. The molecule has 0 unspecified atom stereocenters. The number of carbonyl (C=O) groups is 1. The third-order valence-electron chi connectivity index (χ3n) is 2.29. The Morgan fingerprint density at radius 1 is 1.46 bits per heavy atom. The largest absolute Gasteiger partial charge is 0.316 e. The van der Waals surface area contributed by atoms with Crippen molar-refractivity contribution in [2.24, 2.45) is 15.0 Å². The average molecular weight is 178 g/mol. The fourth-order valence-corrected chi connectivity index (χ4v) is 1.23. The van der Waals surface area contributed by atoms with Gasteiger partial charge in [0.1, 0.15) is 12.0 Å². The molecule has 5 nitrogen and oxygen atoms in total. The van der Waals surface area contributed by atoms with Crippen molar-refractivity contribution in [1.29, 1.82) is 0 Å². The summed E-state index contributed by atoms with van der Waals surface area (Å²) in [7, 11) is 1.71. The highest BCUT2D eigenvalue weighted by Gasteiger charge is 2.38. The van der Waals surface area contributed by atoms with Crippen molar-refractivity contribution in [2.45, 2.75) is 19.5 Å². The van der Waals surface area contributed by atoms with Crippen LogP contribution in [0.25, 0.3) is 0 Å². The number of rotatable bonds is 0. The normalized spacial score (nSPS) is 24.2. The van der Waals surface area contributed by atoms with E-state index in [1.165, 1.54) is 6.34 Å². The number of nitrogens with zero attached hydrogens (tertiary/aromatic N) is 4. The molecule has 0 spiro atoms. The van der Waals surface area contributed by atoms with Gasteiger partial charge in [-0.15, -0.1) is 0 Å². The van der Waals surface area contributed by atoms with Gasteiger partial charge < -0.3 is 4.90 Å². The number of amides is 1. The summed E-state index contributed by atoms with van der Waals surface area (Å²) in [5.74, 6) is 0.334. The van der Waals surface area contributed by atoms with Crippen LogP contribution in [0.1, 0.15) is 13.8 Å². The molecule has 68 valence electrons. The van der Waals surface area contributed by atoms with E-state index in [1.807, 2.05) is 13.8 Å². The minimum absolute atomic E-state index is 0.118. The first-order valence-electron chi connectivity index (χ1n) is 4.01. The number of aliphatic imine (C=N–C) groups is 3. The first-order valence-corrected chi connectivity index (χ1v) is 4.01. The molecule has 2 heterocycles. The van der Waals surface area contributed by atoms with Crippen molar-refractivity contribution < 1.29 is 4.79 Å². The molecule has 0 aromatic rings. The number of fused-ring (bicyclic) bond motifs is 1. The van der Waals surface area contributed by atoms with E-state index in [4.69, 9.17) is 0 Å². The number of hydrogen-bond acceptors (Lipinski definition) is 4. The summed E-state index contributed by atoms with van der Waals surface area (Å²) in [5, 5.41) is 0. The summed E-state index contributed by atoms with van der Waals surface area (Å²) < 4.78 is 0. The summed E-state index contributed by atoms with van der Waals surface area (Å²) in [6.07, 6.45) is 1.36. The average Bonchev–Trinajstić information content (AvgIpc) is 2.47. The third-order valence-corrected chi connectivity index (χ3v) is 2.29. The summed E-state index contributed by atoms with van der Waals surface area (Å²) in [6.45, 7) is 3.73. The number of carbonyl (C=O) groups excluding carboxylic acids is 1. The smallest absolute Gasteiger partial charge is 0.278 e. The Balaban J connectivity index is 2.54. The zero-order chi connectivity index (χ0) is 9.64. The minimum Gasteiger partial charge on any atom is -0.316 e. The molecule has 0 radical (unpaired) electrons. The summed E-state index contributed by atoms with van der Waals surface area (Å²) >= 11 is 0. The van der Waals surface area contributed by atoms with Crippen LogP contribution in [0.5, 0.6) is 0 Å². The predicted molar refractivity (Wildman–Crippen MR) is 50.2 cm³/mol. The van der Waals surface area contributed by atoms with E-state index in [0.717, 1.165) is 0 Å². The van der Waals surface area contributed by atoms with Gasteiger partial charge in [0.2, 0.25) is 0 Å². The lowest BCUT2D eigenvalue weighted by Crippen LogP contribution is -2.52. The predicted octanol–water partition coefficient (Wildman–Crippen LogP) is 0.0759. The van der Waals surface area contributed by atoms with Gasteiger partial charge in [-0.25, -0.2) is 15.0 Å². The van der Waals surface area contributed by atoms with Gasteiger partial charge in [0, 0.05) is 7.05 Å². The van der Waals surface area contributed by atoms with E-state index in [1.54, 1.807) is 11.9 Å². The van der Waals surface area contributed by atoms with E-state index in [9.17, 15) is 4.79 Å². The maximum absolute atomic E-state index is 11.7. The van der Waals surface area contributed by atoms with Crippen LogP contribution in [0.4, 0.5) is 0 Å². The Hall–Kier alpha value is -1.52. The topological polar surface area (TPSA) is 57.4 Å². The molecule has 2 rings (SSSR count). The third kappa shape index (κ3) is 0.998. The first kappa shape index (κ1) is 8.10. The number of amidine groups is 1. The number of hydrogen-bond donors (Lipinski definition) is 0. The molecule has 13 heavy (non-hydrogen) atoms. The van der Waals surface area contributed by atoms with Crippen molar-refractivity contribution in [1.82, 2.24) is 4.90 Å². The molecule has 0 bridgehead atoms. The highest BCUT2D eigenvalue weighted by atomic mass is 16.2.